The van der Waals surface area contributed by atoms with E-state index < -0.39 is 0 Å². The molecular weight excluding hydrogens is 344 g/mol. The van der Waals surface area contributed by atoms with Crippen molar-refractivity contribution in [3.63, 3.8) is 0 Å². The van der Waals surface area contributed by atoms with Gasteiger partial charge in [-0.25, -0.2) is 0 Å². The average Bonchev–Trinajstić information content (AvgIpc) is 2.68. The second-order valence-corrected chi connectivity index (χ2v) is 5.80. The van der Waals surface area contributed by atoms with Gasteiger partial charge in [0.05, 0.1) is 26.3 Å². The van der Waals surface area contributed by atoms with E-state index in [1.54, 1.807) is 0 Å². The van der Waals surface area contributed by atoms with Crippen molar-refractivity contribution in [1.29, 1.82) is 0 Å². The van der Waals surface area contributed by atoms with Gasteiger partial charge in [0.15, 0.2) is 11.9 Å². The molecule has 0 saturated carbocycles. The molecule has 0 aromatic heterocycles. The van der Waals surface area contributed by atoms with Crippen LogP contribution >= 0.6 is 0 Å². The SMILES string of the molecule is NC(=NCCO)Nc1ccc(Cc2ccc(NC(N)=NCCO)cc2)cc1. The zero-order valence-electron chi connectivity index (χ0n) is 15.1. The monoisotopic (exact) mass is 370 g/mol. The zero-order chi connectivity index (χ0) is 19.5. The van der Waals surface area contributed by atoms with Crippen LogP contribution in [0.25, 0.3) is 0 Å². The number of aliphatic hydroxyl groups is 2. The highest BCUT2D eigenvalue weighted by Gasteiger charge is 2.00. The molecule has 8 heteroatoms. The molecule has 2 aromatic carbocycles. The third-order valence-corrected chi connectivity index (χ3v) is 3.63. The summed E-state index contributed by atoms with van der Waals surface area (Å²) >= 11 is 0. The predicted molar refractivity (Wildman–Crippen MR) is 110 cm³/mol. The molecule has 0 fully saturated rings. The molecule has 0 bridgehead atoms. The van der Waals surface area contributed by atoms with Gasteiger partial charge < -0.3 is 32.3 Å². The van der Waals surface area contributed by atoms with Crippen LogP contribution in [0.1, 0.15) is 11.1 Å². The van der Waals surface area contributed by atoms with Crippen LogP contribution in [0.3, 0.4) is 0 Å². The van der Waals surface area contributed by atoms with Crippen molar-refractivity contribution < 1.29 is 10.2 Å². The molecule has 0 spiro atoms. The van der Waals surface area contributed by atoms with Crippen molar-refractivity contribution in [2.75, 3.05) is 36.9 Å². The first-order chi connectivity index (χ1) is 13.1. The fraction of sp³-hybridized carbons (Fsp3) is 0.263. The molecule has 8 N–H and O–H groups in total. The number of aliphatic hydroxyl groups excluding tert-OH is 2. The van der Waals surface area contributed by atoms with E-state index in [1.165, 1.54) is 0 Å². The number of nitrogens with two attached hydrogens (primary N) is 2. The largest absolute Gasteiger partial charge is 0.394 e. The average molecular weight is 370 g/mol. The number of hydrogen-bond acceptors (Lipinski definition) is 4. The van der Waals surface area contributed by atoms with E-state index in [2.05, 4.69) is 20.6 Å². The summed E-state index contributed by atoms with van der Waals surface area (Å²) in [7, 11) is 0. The number of anilines is 2. The molecular formula is C19H26N6O2. The van der Waals surface area contributed by atoms with Crippen molar-refractivity contribution in [3.8, 4) is 0 Å². The molecule has 0 unspecified atom stereocenters. The highest BCUT2D eigenvalue weighted by atomic mass is 16.3. The highest BCUT2D eigenvalue weighted by Crippen LogP contribution is 2.16. The van der Waals surface area contributed by atoms with Crippen molar-refractivity contribution in [2.24, 2.45) is 21.5 Å². The highest BCUT2D eigenvalue weighted by molar-refractivity contribution is 5.92. The van der Waals surface area contributed by atoms with Gasteiger partial charge in [-0.1, -0.05) is 24.3 Å². The van der Waals surface area contributed by atoms with Crippen molar-refractivity contribution in [3.05, 3.63) is 59.7 Å². The fourth-order valence-corrected chi connectivity index (χ4v) is 2.36. The maximum atomic E-state index is 8.74. The Morgan fingerprint density at radius 1 is 0.704 bits per heavy atom. The summed E-state index contributed by atoms with van der Waals surface area (Å²) in [6, 6.07) is 15.8. The summed E-state index contributed by atoms with van der Waals surface area (Å²) in [5.74, 6) is 0.559. The molecule has 2 rings (SSSR count). The minimum atomic E-state index is -0.0301. The molecule has 0 heterocycles. The first kappa shape index (κ1) is 20.2. The van der Waals surface area contributed by atoms with Gasteiger partial charge in [0.2, 0.25) is 0 Å². The molecule has 144 valence electrons. The number of rotatable bonds is 8. The van der Waals surface area contributed by atoms with Crippen LogP contribution < -0.4 is 22.1 Å². The molecule has 0 amide bonds. The second-order valence-electron chi connectivity index (χ2n) is 5.80. The number of nitrogens with zero attached hydrogens (tertiary/aromatic N) is 2. The summed E-state index contributed by atoms with van der Waals surface area (Å²) in [6.45, 7) is 0.497. The van der Waals surface area contributed by atoms with Gasteiger partial charge in [0.25, 0.3) is 0 Å². The molecule has 27 heavy (non-hydrogen) atoms. The zero-order valence-corrected chi connectivity index (χ0v) is 15.1. The summed E-state index contributed by atoms with van der Waals surface area (Å²) in [6.07, 6.45) is 0.794. The molecule has 0 aliphatic carbocycles. The van der Waals surface area contributed by atoms with Crippen LogP contribution in [-0.2, 0) is 6.42 Å². The lowest BCUT2D eigenvalue weighted by atomic mass is 10.0. The third kappa shape index (κ3) is 7.35. The van der Waals surface area contributed by atoms with Crippen LogP contribution in [0, 0.1) is 0 Å². The Bertz CT molecular complexity index is 691. The second kappa shape index (κ2) is 10.8. The minimum Gasteiger partial charge on any atom is -0.394 e. The summed E-state index contributed by atoms with van der Waals surface area (Å²) in [5.41, 5.74) is 15.5. The van der Waals surface area contributed by atoms with Gasteiger partial charge in [0.1, 0.15) is 0 Å². The lowest BCUT2D eigenvalue weighted by Crippen LogP contribution is -2.23. The quantitative estimate of drug-likeness (QED) is 0.299. The third-order valence-electron chi connectivity index (χ3n) is 3.63. The molecule has 0 saturated heterocycles. The van der Waals surface area contributed by atoms with Crippen LogP contribution in [-0.4, -0.2) is 48.4 Å². The van der Waals surface area contributed by atoms with E-state index in [1.807, 2.05) is 48.5 Å². The van der Waals surface area contributed by atoms with Gasteiger partial charge >= 0.3 is 0 Å². The van der Waals surface area contributed by atoms with Gasteiger partial charge in [0, 0.05) is 11.4 Å². The Morgan fingerprint density at radius 2 is 1.07 bits per heavy atom. The van der Waals surface area contributed by atoms with Crippen LogP contribution in [0.15, 0.2) is 58.5 Å². The normalized spacial score (nSPS) is 12.1. The van der Waals surface area contributed by atoms with Crippen LogP contribution in [0.2, 0.25) is 0 Å². The molecule has 0 aliphatic heterocycles. The van der Waals surface area contributed by atoms with Gasteiger partial charge in [-0.05, 0) is 41.8 Å². The van der Waals surface area contributed by atoms with Gasteiger partial charge in [-0.3, -0.25) is 9.98 Å². The molecule has 2 aromatic rings. The summed E-state index contributed by atoms with van der Waals surface area (Å²) in [4.78, 5) is 7.94. The van der Waals surface area contributed by atoms with Crippen molar-refractivity contribution in [1.82, 2.24) is 0 Å². The Kier molecular flexibility index (Phi) is 8.08. The fourth-order valence-electron chi connectivity index (χ4n) is 2.36. The predicted octanol–water partition coefficient (Wildman–Crippen LogP) is 0.715. The number of hydrogen-bond donors (Lipinski definition) is 6. The van der Waals surface area contributed by atoms with E-state index >= 15 is 0 Å². The van der Waals surface area contributed by atoms with E-state index in [0.717, 1.165) is 28.9 Å². The topological polar surface area (TPSA) is 141 Å². The van der Waals surface area contributed by atoms with E-state index in [4.69, 9.17) is 21.7 Å². The Morgan fingerprint density at radius 3 is 1.41 bits per heavy atom. The first-order valence-electron chi connectivity index (χ1n) is 8.64. The lowest BCUT2D eigenvalue weighted by Gasteiger charge is -2.09. The van der Waals surface area contributed by atoms with E-state index in [0.29, 0.717) is 0 Å². The first-order valence-corrected chi connectivity index (χ1v) is 8.64. The van der Waals surface area contributed by atoms with Crippen LogP contribution in [0.5, 0.6) is 0 Å². The smallest absolute Gasteiger partial charge is 0.193 e. The van der Waals surface area contributed by atoms with Gasteiger partial charge in [-0.15, -0.1) is 0 Å². The molecule has 8 nitrogen and oxygen atoms in total. The molecule has 0 aliphatic rings. The maximum Gasteiger partial charge on any atom is 0.193 e. The maximum absolute atomic E-state index is 8.74. The Balaban J connectivity index is 1.91. The van der Waals surface area contributed by atoms with Gasteiger partial charge in [-0.2, -0.15) is 0 Å². The number of guanidine groups is 2. The van der Waals surface area contributed by atoms with Crippen molar-refractivity contribution in [2.45, 2.75) is 6.42 Å². The van der Waals surface area contributed by atoms with Crippen molar-refractivity contribution >= 4 is 23.3 Å². The number of aliphatic imine (C=N–C) groups is 2. The Hall–Kier alpha value is -3.10. The summed E-state index contributed by atoms with van der Waals surface area (Å²) < 4.78 is 0. The number of nitrogens with one attached hydrogen (secondary N) is 2. The Labute approximate surface area is 158 Å². The standard InChI is InChI=1S/C19H26N6O2/c20-18(22-9-11-26)24-16-5-1-14(2-6-16)13-15-3-7-17(8-4-15)25-19(21)23-10-12-27/h1-8,26-27H,9-13H2,(H3,20,22,24)(H3,21,23,25). The van der Waals surface area contributed by atoms with E-state index in [-0.39, 0.29) is 38.2 Å². The lowest BCUT2D eigenvalue weighted by molar-refractivity contribution is 0.306. The van der Waals surface area contributed by atoms with Crippen LogP contribution in [0.4, 0.5) is 11.4 Å². The number of benzene rings is 2. The minimum absolute atomic E-state index is 0.0301. The van der Waals surface area contributed by atoms with E-state index in [9.17, 15) is 0 Å². The summed E-state index contributed by atoms with van der Waals surface area (Å²) in [5, 5.41) is 23.4. The molecule has 0 radical (unpaired) electrons. The molecule has 0 atom stereocenters.